The van der Waals surface area contributed by atoms with E-state index in [9.17, 15) is 9.59 Å². The van der Waals surface area contributed by atoms with Crippen molar-refractivity contribution in [3.8, 4) is 0 Å². The van der Waals surface area contributed by atoms with E-state index in [-0.39, 0.29) is 24.2 Å². The summed E-state index contributed by atoms with van der Waals surface area (Å²) in [7, 11) is 1.78. The molecule has 4 nitrogen and oxygen atoms in total. The van der Waals surface area contributed by atoms with Gasteiger partial charge in [-0.25, -0.2) is 0 Å². The minimum atomic E-state index is -0.320. The van der Waals surface area contributed by atoms with E-state index in [2.05, 4.69) is 0 Å². The second-order valence-corrected chi connectivity index (χ2v) is 6.88. The number of nitrogens with zero attached hydrogens (tertiary/aromatic N) is 2. The van der Waals surface area contributed by atoms with Crippen LogP contribution in [0.4, 0.5) is 5.69 Å². The van der Waals surface area contributed by atoms with Crippen molar-refractivity contribution in [3.05, 3.63) is 64.7 Å². The molecule has 1 heterocycles. The number of anilines is 1. The second-order valence-electron chi connectivity index (χ2n) is 6.47. The lowest BCUT2D eigenvalue weighted by atomic mass is 10.1. The van der Waals surface area contributed by atoms with Crippen molar-refractivity contribution in [1.82, 2.24) is 4.90 Å². The SMILES string of the molecule is Cc1c(Cl)cccc1N1CC(C(=O)N(C)Cc2ccccc2)CC1=O. The predicted octanol–water partition coefficient (Wildman–Crippen LogP) is 3.66. The average Bonchev–Trinajstić information content (AvgIpc) is 2.99. The summed E-state index contributed by atoms with van der Waals surface area (Å²) < 4.78 is 0. The molecular formula is C20H21ClN2O2. The molecular weight excluding hydrogens is 336 g/mol. The van der Waals surface area contributed by atoms with E-state index < -0.39 is 0 Å². The lowest BCUT2D eigenvalue weighted by molar-refractivity contribution is -0.135. The topological polar surface area (TPSA) is 40.6 Å². The maximum atomic E-state index is 12.7. The third kappa shape index (κ3) is 3.69. The van der Waals surface area contributed by atoms with Crippen LogP contribution < -0.4 is 4.90 Å². The number of rotatable bonds is 4. The zero-order chi connectivity index (χ0) is 18.0. The lowest BCUT2D eigenvalue weighted by Gasteiger charge is -2.22. The first kappa shape index (κ1) is 17.5. The fraction of sp³-hybridized carbons (Fsp3) is 0.300. The van der Waals surface area contributed by atoms with Gasteiger partial charge in [-0.05, 0) is 30.2 Å². The van der Waals surface area contributed by atoms with Crippen molar-refractivity contribution >= 4 is 29.1 Å². The first-order chi connectivity index (χ1) is 12.0. The van der Waals surface area contributed by atoms with Gasteiger partial charge >= 0.3 is 0 Å². The van der Waals surface area contributed by atoms with Crippen LogP contribution in [-0.2, 0) is 16.1 Å². The Morgan fingerprint density at radius 1 is 1.20 bits per heavy atom. The van der Waals surface area contributed by atoms with E-state index in [1.165, 1.54) is 0 Å². The van der Waals surface area contributed by atoms with Crippen LogP contribution in [0.15, 0.2) is 48.5 Å². The summed E-state index contributed by atoms with van der Waals surface area (Å²) in [6.45, 7) is 2.83. The minimum Gasteiger partial charge on any atom is -0.341 e. The molecule has 130 valence electrons. The first-order valence-electron chi connectivity index (χ1n) is 8.31. The largest absolute Gasteiger partial charge is 0.341 e. The average molecular weight is 357 g/mol. The Kier molecular flexibility index (Phi) is 5.09. The Morgan fingerprint density at radius 2 is 1.92 bits per heavy atom. The van der Waals surface area contributed by atoms with E-state index in [1.807, 2.05) is 49.4 Å². The quantitative estimate of drug-likeness (QED) is 0.838. The summed E-state index contributed by atoms with van der Waals surface area (Å²) in [5.41, 5.74) is 2.73. The van der Waals surface area contributed by atoms with Gasteiger partial charge in [0.2, 0.25) is 11.8 Å². The molecule has 0 radical (unpaired) electrons. The molecule has 25 heavy (non-hydrogen) atoms. The highest BCUT2D eigenvalue weighted by Crippen LogP contribution is 2.32. The van der Waals surface area contributed by atoms with Gasteiger partial charge in [-0.3, -0.25) is 9.59 Å². The molecule has 1 unspecified atom stereocenters. The van der Waals surface area contributed by atoms with Crippen molar-refractivity contribution < 1.29 is 9.59 Å². The van der Waals surface area contributed by atoms with Crippen molar-refractivity contribution in [1.29, 1.82) is 0 Å². The summed E-state index contributed by atoms with van der Waals surface area (Å²) in [5, 5.41) is 0.626. The molecule has 1 atom stereocenters. The molecule has 0 aliphatic carbocycles. The van der Waals surface area contributed by atoms with Gasteiger partial charge in [0.1, 0.15) is 0 Å². The molecule has 0 aromatic heterocycles. The molecule has 0 saturated carbocycles. The van der Waals surface area contributed by atoms with Crippen molar-refractivity contribution in [2.24, 2.45) is 5.92 Å². The van der Waals surface area contributed by atoms with Crippen LogP contribution in [0, 0.1) is 12.8 Å². The van der Waals surface area contributed by atoms with Crippen LogP contribution in [0.25, 0.3) is 0 Å². The van der Waals surface area contributed by atoms with Gasteiger partial charge in [-0.2, -0.15) is 0 Å². The van der Waals surface area contributed by atoms with Crippen LogP contribution >= 0.6 is 11.6 Å². The molecule has 5 heteroatoms. The minimum absolute atomic E-state index is 0.000570. The highest BCUT2D eigenvalue weighted by atomic mass is 35.5. The van der Waals surface area contributed by atoms with Gasteiger partial charge < -0.3 is 9.80 Å². The summed E-state index contributed by atoms with van der Waals surface area (Å²) >= 11 is 6.17. The third-order valence-corrected chi connectivity index (χ3v) is 5.05. The number of hydrogen-bond acceptors (Lipinski definition) is 2. The maximum absolute atomic E-state index is 12.7. The van der Waals surface area contributed by atoms with Crippen LogP contribution in [0.2, 0.25) is 5.02 Å². The molecule has 2 aromatic carbocycles. The smallest absolute Gasteiger partial charge is 0.228 e. The van der Waals surface area contributed by atoms with E-state index in [0.717, 1.165) is 16.8 Å². The number of amides is 2. The number of hydrogen-bond donors (Lipinski definition) is 0. The summed E-state index contributed by atoms with van der Waals surface area (Å²) in [4.78, 5) is 28.6. The van der Waals surface area contributed by atoms with E-state index in [0.29, 0.717) is 18.1 Å². The van der Waals surface area contributed by atoms with Gasteiger partial charge in [0.05, 0.1) is 5.92 Å². The van der Waals surface area contributed by atoms with Crippen molar-refractivity contribution in [2.45, 2.75) is 19.9 Å². The molecule has 2 aromatic rings. The molecule has 0 N–H and O–H groups in total. The van der Waals surface area contributed by atoms with Crippen LogP contribution in [0.5, 0.6) is 0 Å². The third-order valence-electron chi connectivity index (χ3n) is 4.64. The Bertz CT molecular complexity index is 792. The number of carbonyl (C=O) groups is 2. The molecule has 3 rings (SSSR count). The zero-order valence-corrected chi connectivity index (χ0v) is 15.2. The molecule has 1 fully saturated rings. The second kappa shape index (κ2) is 7.28. The Morgan fingerprint density at radius 3 is 2.64 bits per heavy atom. The summed E-state index contributed by atoms with van der Waals surface area (Å²) in [6.07, 6.45) is 0.240. The van der Waals surface area contributed by atoms with Gasteiger partial charge in [0.15, 0.2) is 0 Å². The molecule has 0 bridgehead atoms. The Hall–Kier alpha value is -2.33. The predicted molar refractivity (Wildman–Crippen MR) is 99.6 cm³/mol. The zero-order valence-electron chi connectivity index (χ0n) is 14.4. The standard InChI is InChI=1S/C20H21ClN2O2/c1-14-17(21)9-6-10-18(14)23-13-16(11-19(23)24)20(25)22(2)12-15-7-4-3-5-8-15/h3-10,16H,11-13H2,1-2H3. The van der Waals surface area contributed by atoms with Gasteiger partial charge in [0, 0.05) is 37.3 Å². The maximum Gasteiger partial charge on any atom is 0.228 e. The van der Waals surface area contributed by atoms with Gasteiger partial charge in [-0.15, -0.1) is 0 Å². The van der Waals surface area contributed by atoms with E-state index in [1.54, 1.807) is 22.9 Å². The number of halogens is 1. The fourth-order valence-corrected chi connectivity index (χ4v) is 3.41. The molecule has 1 aliphatic rings. The first-order valence-corrected chi connectivity index (χ1v) is 8.69. The van der Waals surface area contributed by atoms with Crippen molar-refractivity contribution in [2.75, 3.05) is 18.5 Å². The molecule has 1 aliphatic heterocycles. The molecule has 1 saturated heterocycles. The molecule has 2 amide bonds. The van der Waals surface area contributed by atoms with Crippen LogP contribution in [0.3, 0.4) is 0 Å². The van der Waals surface area contributed by atoms with E-state index in [4.69, 9.17) is 11.6 Å². The summed E-state index contributed by atoms with van der Waals surface area (Å²) in [5.74, 6) is -0.351. The van der Waals surface area contributed by atoms with Crippen molar-refractivity contribution in [3.63, 3.8) is 0 Å². The monoisotopic (exact) mass is 356 g/mol. The van der Waals surface area contributed by atoms with Crippen LogP contribution in [0.1, 0.15) is 17.5 Å². The van der Waals surface area contributed by atoms with E-state index >= 15 is 0 Å². The van der Waals surface area contributed by atoms with Gasteiger partial charge in [-0.1, -0.05) is 48.0 Å². The summed E-state index contributed by atoms with van der Waals surface area (Å²) in [6, 6.07) is 15.3. The Balaban J connectivity index is 1.71. The highest BCUT2D eigenvalue weighted by molar-refractivity contribution is 6.31. The van der Waals surface area contributed by atoms with Crippen LogP contribution in [-0.4, -0.2) is 30.3 Å². The normalized spacial score (nSPS) is 17.0. The Labute approximate surface area is 153 Å². The fourth-order valence-electron chi connectivity index (χ4n) is 3.24. The number of carbonyl (C=O) groups excluding carboxylic acids is 2. The highest BCUT2D eigenvalue weighted by Gasteiger charge is 2.37. The molecule has 0 spiro atoms. The number of benzene rings is 2. The van der Waals surface area contributed by atoms with Gasteiger partial charge in [0.25, 0.3) is 0 Å². The lowest BCUT2D eigenvalue weighted by Crippen LogP contribution is -2.34.